The number of rotatable bonds is 4. The van der Waals surface area contributed by atoms with Crippen LogP contribution in [0.25, 0.3) is 11.1 Å². The predicted octanol–water partition coefficient (Wildman–Crippen LogP) is 4.35. The third kappa shape index (κ3) is 4.14. The molecule has 0 atom stereocenters. The zero-order chi connectivity index (χ0) is 18.6. The average molecular weight is 365 g/mol. The molecule has 0 saturated carbocycles. The highest BCUT2D eigenvalue weighted by Gasteiger charge is 2.19. The zero-order valence-electron chi connectivity index (χ0n) is 15.0. The fraction of sp³-hybridized carbons (Fsp3) is 0.227. The summed E-state index contributed by atoms with van der Waals surface area (Å²) < 4.78 is 27.1. The van der Waals surface area contributed by atoms with E-state index in [1.165, 1.54) is 18.2 Å². The molecule has 0 spiro atoms. The largest absolute Gasteiger partial charge is 0.367 e. The van der Waals surface area contributed by atoms with Gasteiger partial charge >= 0.3 is 0 Å². The molecule has 0 N–H and O–H groups in total. The molecule has 0 aliphatic carbocycles. The van der Waals surface area contributed by atoms with Crippen LogP contribution in [0.5, 0.6) is 0 Å². The lowest BCUT2D eigenvalue weighted by atomic mass is 10.1. The van der Waals surface area contributed by atoms with E-state index in [0.29, 0.717) is 5.69 Å². The van der Waals surface area contributed by atoms with Crippen LogP contribution in [-0.4, -0.2) is 36.1 Å². The van der Waals surface area contributed by atoms with Gasteiger partial charge in [-0.05, 0) is 47.5 Å². The van der Waals surface area contributed by atoms with Gasteiger partial charge in [0.25, 0.3) is 0 Å². The molecule has 27 heavy (non-hydrogen) atoms. The lowest BCUT2D eigenvalue weighted by Crippen LogP contribution is -2.46. The first kappa shape index (κ1) is 17.6. The minimum atomic E-state index is -0.235. The van der Waals surface area contributed by atoms with Gasteiger partial charge < -0.3 is 4.90 Å². The Hall–Kier alpha value is -2.79. The average Bonchev–Trinajstić information content (AvgIpc) is 2.70. The third-order valence-electron chi connectivity index (χ3n) is 4.95. The van der Waals surface area contributed by atoms with Crippen molar-refractivity contribution < 1.29 is 8.78 Å². The standard InChI is InChI=1S/C22H21F2N3/c23-19-7-5-17(6-8-19)18-9-10-25-20(15-18)16-26-11-13-27(14-12-26)22-4-2-1-3-21(22)24/h1-10,15H,11-14,16H2. The summed E-state index contributed by atoms with van der Waals surface area (Å²) in [6.45, 7) is 4.05. The quantitative estimate of drug-likeness (QED) is 0.685. The molecule has 138 valence electrons. The summed E-state index contributed by atoms with van der Waals surface area (Å²) in [7, 11) is 0. The Morgan fingerprint density at radius 3 is 2.30 bits per heavy atom. The van der Waals surface area contributed by atoms with Crippen LogP contribution in [-0.2, 0) is 6.54 Å². The third-order valence-corrected chi connectivity index (χ3v) is 4.95. The van der Waals surface area contributed by atoms with Gasteiger partial charge in [0.05, 0.1) is 11.4 Å². The van der Waals surface area contributed by atoms with E-state index < -0.39 is 0 Å². The number of halogens is 2. The predicted molar refractivity (Wildman–Crippen MR) is 104 cm³/mol. The molecular weight excluding hydrogens is 344 g/mol. The van der Waals surface area contributed by atoms with Gasteiger partial charge in [0.15, 0.2) is 0 Å². The van der Waals surface area contributed by atoms with Gasteiger partial charge in [0.2, 0.25) is 0 Å². The smallest absolute Gasteiger partial charge is 0.146 e. The summed E-state index contributed by atoms with van der Waals surface area (Å²) in [6.07, 6.45) is 1.80. The number of pyridine rings is 1. The Morgan fingerprint density at radius 2 is 1.56 bits per heavy atom. The number of piperazine rings is 1. The minimum Gasteiger partial charge on any atom is -0.367 e. The first-order valence-electron chi connectivity index (χ1n) is 9.12. The number of nitrogens with zero attached hydrogens (tertiary/aromatic N) is 3. The van der Waals surface area contributed by atoms with Crippen molar-refractivity contribution in [2.45, 2.75) is 6.54 Å². The highest BCUT2D eigenvalue weighted by atomic mass is 19.1. The van der Waals surface area contributed by atoms with Gasteiger partial charge in [-0.1, -0.05) is 24.3 Å². The van der Waals surface area contributed by atoms with E-state index in [1.807, 2.05) is 18.2 Å². The summed E-state index contributed by atoms with van der Waals surface area (Å²) in [6, 6.07) is 17.4. The van der Waals surface area contributed by atoms with E-state index in [2.05, 4.69) is 20.9 Å². The molecule has 3 aromatic rings. The normalized spacial score (nSPS) is 15.1. The molecule has 2 aromatic carbocycles. The highest BCUT2D eigenvalue weighted by molar-refractivity contribution is 5.63. The Bertz CT molecular complexity index is 903. The Labute approximate surface area is 157 Å². The molecule has 3 nitrogen and oxygen atoms in total. The van der Waals surface area contributed by atoms with Crippen molar-refractivity contribution in [1.29, 1.82) is 0 Å². The molecule has 1 saturated heterocycles. The lowest BCUT2D eigenvalue weighted by Gasteiger charge is -2.36. The van der Waals surface area contributed by atoms with Crippen LogP contribution in [0.1, 0.15) is 5.69 Å². The van der Waals surface area contributed by atoms with Crippen LogP contribution >= 0.6 is 0 Å². The van der Waals surface area contributed by atoms with Crippen LogP contribution in [0, 0.1) is 11.6 Å². The second-order valence-corrected chi connectivity index (χ2v) is 6.76. The molecule has 5 heteroatoms. The van der Waals surface area contributed by atoms with Crippen molar-refractivity contribution in [1.82, 2.24) is 9.88 Å². The fourth-order valence-corrected chi connectivity index (χ4v) is 3.47. The van der Waals surface area contributed by atoms with Crippen LogP contribution < -0.4 is 4.90 Å². The lowest BCUT2D eigenvalue weighted by molar-refractivity contribution is 0.246. The molecule has 0 radical (unpaired) electrons. The first-order chi connectivity index (χ1) is 13.2. The zero-order valence-corrected chi connectivity index (χ0v) is 15.0. The van der Waals surface area contributed by atoms with Crippen LogP contribution in [0.15, 0.2) is 66.9 Å². The van der Waals surface area contributed by atoms with E-state index in [4.69, 9.17) is 0 Å². The van der Waals surface area contributed by atoms with Crippen molar-refractivity contribution in [3.05, 3.63) is 84.2 Å². The maximum Gasteiger partial charge on any atom is 0.146 e. The first-order valence-corrected chi connectivity index (χ1v) is 9.12. The van der Waals surface area contributed by atoms with Gasteiger partial charge in [-0.3, -0.25) is 9.88 Å². The highest BCUT2D eigenvalue weighted by Crippen LogP contribution is 2.22. The molecule has 1 aromatic heterocycles. The number of anilines is 1. The summed E-state index contributed by atoms with van der Waals surface area (Å²) >= 11 is 0. The maximum absolute atomic E-state index is 14.0. The number of para-hydroxylation sites is 1. The van der Waals surface area contributed by atoms with E-state index in [0.717, 1.165) is 49.5 Å². The van der Waals surface area contributed by atoms with Crippen LogP contribution in [0.3, 0.4) is 0 Å². The van der Waals surface area contributed by atoms with Crippen LogP contribution in [0.4, 0.5) is 14.5 Å². The monoisotopic (exact) mass is 365 g/mol. The molecule has 0 bridgehead atoms. The SMILES string of the molecule is Fc1ccc(-c2ccnc(CN3CCN(c4ccccc4F)CC3)c2)cc1. The molecule has 2 heterocycles. The Morgan fingerprint density at radius 1 is 0.815 bits per heavy atom. The second kappa shape index (κ2) is 7.84. The molecule has 0 unspecified atom stereocenters. The van der Waals surface area contributed by atoms with Crippen molar-refractivity contribution in [2.24, 2.45) is 0 Å². The number of hydrogen-bond donors (Lipinski definition) is 0. The fourth-order valence-electron chi connectivity index (χ4n) is 3.47. The minimum absolute atomic E-state index is 0.167. The summed E-state index contributed by atoms with van der Waals surface area (Å²) in [5, 5.41) is 0. The maximum atomic E-state index is 14.0. The molecule has 1 aliphatic heterocycles. The Kier molecular flexibility index (Phi) is 5.12. The van der Waals surface area contributed by atoms with Crippen molar-refractivity contribution in [2.75, 3.05) is 31.1 Å². The van der Waals surface area contributed by atoms with Gasteiger partial charge in [-0.25, -0.2) is 8.78 Å². The van der Waals surface area contributed by atoms with Gasteiger partial charge in [0.1, 0.15) is 11.6 Å². The number of aromatic nitrogens is 1. The molecule has 4 rings (SSSR count). The van der Waals surface area contributed by atoms with Crippen molar-refractivity contribution >= 4 is 5.69 Å². The topological polar surface area (TPSA) is 19.4 Å². The molecular formula is C22H21F2N3. The molecule has 1 aliphatic rings. The summed E-state index contributed by atoms with van der Waals surface area (Å²) in [5.41, 5.74) is 3.67. The van der Waals surface area contributed by atoms with Crippen molar-refractivity contribution in [3.8, 4) is 11.1 Å². The van der Waals surface area contributed by atoms with Gasteiger partial charge in [-0.15, -0.1) is 0 Å². The van der Waals surface area contributed by atoms with E-state index >= 15 is 0 Å². The van der Waals surface area contributed by atoms with E-state index in [9.17, 15) is 8.78 Å². The molecule has 1 fully saturated rings. The number of benzene rings is 2. The summed E-state index contributed by atoms with van der Waals surface area (Å²) in [5.74, 6) is -0.402. The van der Waals surface area contributed by atoms with E-state index in [-0.39, 0.29) is 11.6 Å². The van der Waals surface area contributed by atoms with Gasteiger partial charge in [0, 0.05) is 38.9 Å². The van der Waals surface area contributed by atoms with Crippen molar-refractivity contribution in [3.63, 3.8) is 0 Å². The summed E-state index contributed by atoms with van der Waals surface area (Å²) in [4.78, 5) is 8.90. The second-order valence-electron chi connectivity index (χ2n) is 6.76. The van der Waals surface area contributed by atoms with Gasteiger partial charge in [-0.2, -0.15) is 0 Å². The van der Waals surface area contributed by atoms with Crippen LogP contribution in [0.2, 0.25) is 0 Å². The molecule has 0 amide bonds. The Balaban J connectivity index is 1.40. The number of hydrogen-bond acceptors (Lipinski definition) is 3. The van der Waals surface area contributed by atoms with E-state index in [1.54, 1.807) is 24.4 Å².